The van der Waals surface area contributed by atoms with Crippen LogP contribution in [-0.4, -0.2) is 31.7 Å². The Labute approximate surface area is 187 Å². The number of rotatable bonds is 10. The molecule has 1 N–H and O–H groups in total. The van der Waals surface area contributed by atoms with E-state index in [-0.39, 0.29) is 35.2 Å². The van der Waals surface area contributed by atoms with Gasteiger partial charge in [0.15, 0.2) is 0 Å². The number of hydrogen-bond acceptors (Lipinski definition) is 3. The van der Waals surface area contributed by atoms with Crippen molar-refractivity contribution in [1.82, 2.24) is 9.62 Å². The SMILES string of the molecule is CCCCN(CCC(=O)NC(C)c1ccccc1)S(=O)(=O)c1ccc(C(C)(C)C)cc1. The topological polar surface area (TPSA) is 66.5 Å². The first-order valence-electron chi connectivity index (χ1n) is 11.0. The lowest BCUT2D eigenvalue weighted by Crippen LogP contribution is -2.36. The number of amides is 1. The summed E-state index contributed by atoms with van der Waals surface area (Å²) in [5.74, 6) is -0.156. The molecule has 0 aliphatic rings. The van der Waals surface area contributed by atoms with Gasteiger partial charge in [-0.15, -0.1) is 0 Å². The van der Waals surface area contributed by atoms with Gasteiger partial charge in [0.05, 0.1) is 10.9 Å². The number of hydrogen-bond donors (Lipinski definition) is 1. The lowest BCUT2D eigenvalue weighted by atomic mass is 9.87. The van der Waals surface area contributed by atoms with E-state index in [1.165, 1.54) is 4.31 Å². The van der Waals surface area contributed by atoms with Gasteiger partial charge in [0.1, 0.15) is 0 Å². The van der Waals surface area contributed by atoms with Crippen LogP contribution in [0, 0.1) is 0 Å². The third-order valence-corrected chi connectivity index (χ3v) is 7.30. The average Bonchev–Trinajstić information content (AvgIpc) is 2.73. The van der Waals surface area contributed by atoms with Gasteiger partial charge in [-0.1, -0.05) is 76.6 Å². The van der Waals surface area contributed by atoms with E-state index in [0.717, 1.165) is 24.0 Å². The lowest BCUT2D eigenvalue weighted by Gasteiger charge is -2.24. The molecule has 1 amide bonds. The predicted octanol–water partition coefficient (Wildman–Crippen LogP) is 5.04. The van der Waals surface area contributed by atoms with Gasteiger partial charge < -0.3 is 5.32 Å². The zero-order valence-electron chi connectivity index (χ0n) is 19.4. The normalized spacial score (nSPS) is 13.2. The van der Waals surface area contributed by atoms with Gasteiger partial charge in [0.2, 0.25) is 15.9 Å². The Kier molecular flexibility index (Phi) is 8.83. The minimum atomic E-state index is -3.66. The molecule has 0 radical (unpaired) electrons. The van der Waals surface area contributed by atoms with Crippen molar-refractivity contribution < 1.29 is 13.2 Å². The number of benzene rings is 2. The van der Waals surface area contributed by atoms with E-state index in [9.17, 15) is 13.2 Å². The van der Waals surface area contributed by atoms with Crippen LogP contribution in [0.15, 0.2) is 59.5 Å². The van der Waals surface area contributed by atoms with E-state index in [1.807, 2.05) is 56.3 Å². The van der Waals surface area contributed by atoms with Gasteiger partial charge >= 0.3 is 0 Å². The quantitative estimate of drug-likeness (QED) is 0.558. The molecule has 5 nitrogen and oxygen atoms in total. The maximum Gasteiger partial charge on any atom is 0.243 e. The fourth-order valence-corrected chi connectivity index (χ4v) is 4.81. The van der Waals surface area contributed by atoms with Gasteiger partial charge in [-0.3, -0.25) is 4.79 Å². The molecule has 2 aromatic carbocycles. The second-order valence-corrected chi connectivity index (χ2v) is 10.9. The van der Waals surface area contributed by atoms with Gasteiger partial charge in [-0.2, -0.15) is 4.31 Å². The number of carbonyl (C=O) groups excluding carboxylic acids is 1. The van der Waals surface area contributed by atoms with Gasteiger partial charge in [-0.25, -0.2) is 8.42 Å². The third kappa shape index (κ3) is 7.18. The predicted molar refractivity (Wildman–Crippen MR) is 126 cm³/mol. The minimum absolute atomic E-state index is 0.0439. The Bertz CT molecular complexity index is 933. The summed E-state index contributed by atoms with van der Waals surface area (Å²) in [6, 6.07) is 16.7. The first-order chi connectivity index (χ1) is 14.6. The van der Waals surface area contributed by atoms with Crippen LogP contribution in [-0.2, 0) is 20.2 Å². The zero-order valence-corrected chi connectivity index (χ0v) is 20.2. The van der Waals surface area contributed by atoms with Crippen molar-refractivity contribution in [2.75, 3.05) is 13.1 Å². The molecule has 1 atom stereocenters. The van der Waals surface area contributed by atoms with Crippen LogP contribution in [0.2, 0.25) is 0 Å². The van der Waals surface area contributed by atoms with Crippen LogP contribution in [0.1, 0.15) is 71.0 Å². The molecule has 0 fully saturated rings. The highest BCUT2D eigenvalue weighted by Gasteiger charge is 2.25. The van der Waals surface area contributed by atoms with Crippen molar-refractivity contribution in [3.05, 3.63) is 65.7 Å². The molecular formula is C25H36N2O3S. The van der Waals surface area contributed by atoms with Crippen LogP contribution in [0.5, 0.6) is 0 Å². The third-order valence-electron chi connectivity index (χ3n) is 5.38. The molecule has 170 valence electrons. The molecule has 6 heteroatoms. The maximum absolute atomic E-state index is 13.2. The maximum atomic E-state index is 13.2. The van der Waals surface area contributed by atoms with Crippen LogP contribution >= 0.6 is 0 Å². The molecule has 2 rings (SSSR count). The highest BCUT2D eigenvalue weighted by atomic mass is 32.2. The highest BCUT2D eigenvalue weighted by molar-refractivity contribution is 7.89. The van der Waals surface area contributed by atoms with E-state index in [4.69, 9.17) is 0 Å². The summed E-state index contributed by atoms with van der Waals surface area (Å²) in [4.78, 5) is 12.8. The van der Waals surface area contributed by atoms with E-state index in [2.05, 4.69) is 26.1 Å². The molecule has 0 aliphatic carbocycles. The number of carbonyl (C=O) groups is 1. The molecule has 0 heterocycles. The fourth-order valence-electron chi connectivity index (χ4n) is 3.33. The molecule has 0 spiro atoms. The van der Waals surface area contributed by atoms with Gasteiger partial charge in [0.25, 0.3) is 0 Å². The highest BCUT2D eigenvalue weighted by Crippen LogP contribution is 2.25. The largest absolute Gasteiger partial charge is 0.350 e. The molecule has 2 aromatic rings. The van der Waals surface area contributed by atoms with E-state index < -0.39 is 10.0 Å². The van der Waals surface area contributed by atoms with Crippen LogP contribution in [0.4, 0.5) is 0 Å². The summed E-state index contributed by atoms with van der Waals surface area (Å²) in [6.45, 7) is 10.8. The van der Waals surface area contributed by atoms with Gasteiger partial charge in [-0.05, 0) is 42.0 Å². The monoisotopic (exact) mass is 444 g/mol. The second kappa shape index (κ2) is 10.9. The number of unbranched alkanes of at least 4 members (excludes halogenated alkanes) is 1. The average molecular weight is 445 g/mol. The second-order valence-electron chi connectivity index (χ2n) is 8.98. The molecular weight excluding hydrogens is 408 g/mol. The van der Waals surface area contributed by atoms with Gasteiger partial charge in [0, 0.05) is 19.5 Å². The van der Waals surface area contributed by atoms with E-state index in [1.54, 1.807) is 12.1 Å². The van der Waals surface area contributed by atoms with Crippen molar-refractivity contribution >= 4 is 15.9 Å². The lowest BCUT2D eigenvalue weighted by molar-refractivity contribution is -0.121. The van der Waals surface area contributed by atoms with Crippen molar-refractivity contribution in [1.29, 1.82) is 0 Å². The van der Waals surface area contributed by atoms with Crippen molar-refractivity contribution in [2.45, 2.75) is 70.2 Å². The Hall–Kier alpha value is -2.18. The molecule has 1 unspecified atom stereocenters. The summed E-state index contributed by atoms with van der Waals surface area (Å²) < 4.78 is 27.9. The summed E-state index contributed by atoms with van der Waals surface area (Å²) in [7, 11) is -3.66. The van der Waals surface area contributed by atoms with E-state index in [0.29, 0.717) is 6.54 Å². The first-order valence-corrected chi connectivity index (χ1v) is 12.4. The molecule has 0 aliphatic heterocycles. The number of nitrogens with zero attached hydrogens (tertiary/aromatic N) is 1. The standard InChI is InChI=1S/C25H36N2O3S/c1-6-7-18-27(19-17-24(28)26-20(2)21-11-9-8-10-12-21)31(29,30)23-15-13-22(14-16-23)25(3,4)5/h8-16,20H,6-7,17-19H2,1-5H3,(H,26,28). The van der Waals surface area contributed by atoms with Crippen molar-refractivity contribution in [3.63, 3.8) is 0 Å². The summed E-state index contributed by atoms with van der Waals surface area (Å²) in [6.07, 6.45) is 1.76. The number of nitrogens with one attached hydrogen (secondary N) is 1. The smallest absolute Gasteiger partial charge is 0.243 e. The minimum Gasteiger partial charge on any atom is -0.350 e. The molecule has 0 saturated carbocycles. The van der Waals surface area contributed by atoms with Crippen molar-refractivity contribution in [2.24, 2.45) is 0 Å². The molecule has 31 heavy (non-hydrogen) atoms. The van der Waals surface area contributed by atoms with E-state index >= 15 is 0 Å². The molecule has 0 bridgehead atoms. The zero-order chi connectivity index (χ0) is 23.1. The Morgan fingerprint density at radius 1 is 1.00 bits per heavy atom. The Morgan fingerprint density at radius 3 is 2.16 bits per heavy atom. The summed E-state index contributed by atoms with van der Waals surface area (Å²) in [5, 5.41) is 2.96. The Balaban J connectivity index is 2.08. The first kappa shape index (κ1) is 25.1. The Morgan fingerprint density at radius 2 is 1.61 bits per heavy atom. The van der Waals surface area contributed by atoms with Crippen LogP contribution < -0.4 is 5.32 Å². The van der Waals surface area contributed by atoms with Crippen LogP contribution in [0.25, 0.3) is 0 Å². The number of sulfonamides is 1. The summed E-state index contributed by atoms with van der Waals surface area (Å²) in [5.41, 5.74) is 2.06. The summed E-state index contributed by atoms with van der Waals surface area (Å²) >= 11 is 0. The molecule has 0 saturated heterocycles. The van der Waals surface area contributed by atoms with Crippen LogP contribution in [0.3, 0.4) is 0 Å². The molecule has 0 aromatic heterocycles. The fraction of sp³-hybridized carbons (Fsp3) is 0.480. The van der Waals surface area contributed by atoms with Crippen molar-refractivity contribution in [3.8, 4) is 0 Å².